The van der Waals surface area contributed by atoms with E-state index in [1.807, 2.05) is 56.4 Å². The van der Waals surface area contributed by atoms with E-state index in [4.69, 9.17) is 0 Å². The number of aryl methyl sites for hydroxylation is 2. The molecule has 1 N–H and O–H groups in total. The van der Waals surface area contributed by atoms with Crippen LogP contribution in [0.1, 0.15) is 29.7 Å². The number of carboxylic acid groups (broad SMARTS) is 1. The molecule has 5 nitrogen and oxygen atoms in total. The zero-order valence-electron chi connectivity index (χ0n) is 12.7. The first-order chi connectivity index (χ1) is 10.0. The van der Waals surface area contributed by atoms with Gasteiger partial charge < -0.3 is 5.11 Å². The quantitative estimate of drug-likeness (QED) is 0.885. The number of aromatic nitrogens is 2. The van der Waals surface area contributed by atoms with Crippen LogP contribution in [0.2, 0.25) is 0 Å². The second-order valence-corrected chi connectivity index (χ2v) is 5.23. The van der Waals surface area contributed by atoms with Crippen LogP contribution >= 0.6 is 0 Å². The van der Waals surface area contributed by atoms with Crippen LogP contribution in [-0.2, 0) is 24.8 Å². The zero-order chi connectivity index (χ0) is 15.4. The number of carboxylic acids is 1. The Bertz CT molecular complexity index is 621. The number of hydrogen-bond donors (Lipinski definition) is 1. The number of aliphatic carboxylic acids is 1. The Morgan fingerprint density at radius 2 is 2.14 bits per heavy atom. The van der Waals surface area contributed by atoms with Crippen LogP contribution in [0.25, 0.3) is 0 Å². The lowest BCUT2D eigenvalue weighted by atomic mass is 9.97. The van der Waals surface area contributed by atoms with Crippen molar-refractivity contribution in [1.82, 2.24) is 14.7 Å². The molecule has 0 saturated carbocycles. The highest BCUT2D eigenvalue weighted by Crippen LogP contribution is 2.25. The maximum Gasteiger partial charge on any atom is 0.325 e. The summed E-state index contributed by atoms with van der Waals surface area (Å²) in [6, 6.07) is 7.08. The van der Waals surface area contributed by atoms with Crippen molar-refractivity contribution in [3.8, 4) is 0 Å². The van der Waals surface area contributed by atoms with Gasteiger partial charge in [-0.05, 0) is 24.6 Å². The van der Waals surface area contributed by atoms with Gasteiger partial charge in [0.05, 0.1) is 6.20 Å². The molecule has 0 radical (unpaired) electrons. The molecule has 0 aliphatic rings. The third-order valence-corrected chi connectivity index (χ3v) is 3.60. The van der Waals surface area contributed by atoms with Crippen molar-refractivity contribution in [3.05, 3.63) is 53.3 Å². The molecule has 1 heterocycles. The number of hydrogen-bond acceptors (Lipinski definition) is 3. The molecule has 21 heavy (non-hydrogen) atoms. The summed E-state index contributed by atoms with van der Waals surface area (Å²) in [5.74, 6) is -0.831. The number of carbonyl (C=O) groups is 1. The number of likely N-dealkylation sites (N-methyl/N-ethyl adjacent to an activating group) is 1. The van der Waals surface area contributed by atoms with E-state index in [-0.39, 0.29) is 0 Å². The van der Waals surface area contributed by atoms with Gasteiger partial charge in [0, 0.05) is 25.4 Å². The smallest absolute Gasteiger partial charge is 0.325 e. The molecular formula is C16H21N3O2. The lowest BCUT2D eigenvalue weighted by molar-refractivity contribution is -0.143. The molecule has 1 aromatic carbocycles. The SMILES string of the molecule is CCc1ccccc1[C@@H](C(=O)O)N(C)Cc1cnn(C)c1. The Balaban J connectivity index is 2.28. The van der Waals surface area contributed by atoms with E-state index in [1.54, 1.807) is 10.9 Å². The van der Waals surface area contributed by atoms with Crippen LogP contribution in [0, 0.1) is 0 Å². The highest BCUT2D eigenvalue weighted by atomic mass is 16.4. The molecule has 2 rings (SSSR count). The van der Waals surface area contributed by atoms with Gasteiger partial charge >= 0.3 is 5.97 Å². The highest BCUT2D eigenvalue weighted by molar-refractivity contribution is 5.76. The van der Waals surface area contributed by atoms with Crippen molar-refractivity contribution in [3.63, 3.8) is 0 Å². The fourth-order valence-electron chi connectivity index (χ4n) is 2.61. The first-order valence-electron chi connectivity index (χ1n) is 7.01. The molecule has 1 aromatic heterocycles. The van der Waals surface area contributed by atoms with Gasteiger partial charge in [-0.3, -0.25) is 14.4 Å². The maximum absolute atomic E-state index is 11.7. The Kier molecular flexibility index (Phi) is 4.75. The molecule has 0 aliphatic carbocycles. The minimum Gasteiger partial charge on any atom is -0.480 e. The first kappa shape index (κ1) is 15.3. The Hall–Kier alpha value is -2.14. The van der Waals surface area contributed by atoms with Crippen LogP contribution < -0.4 is 0 Å². The molecule has 5 heteroatoms. The Morgan fingerprint density at radius 1 is 1.43 bits per heavy atom. The molecule has 0 saturated heterocycles. The maximum atomic E-state index is 11.7. The molecule has 112 valence electrons. The van der Waals surface area contributed by atoms with Crippen LogP contribution in [0.5, 0.6) is 0 Å². The van der Waals surface area contributed by atoms with E-state index in [9.17, 15) is 9.90 Å². The normalized spacial score (nSPS) is 12.6. The van der Waals surface area contributed by atoms with Crippen molar-refractivity contribution in [1.29, 1.82) is 0 Å². The van der Waals surface area contributed by atoms with Gasteiger partial charge in [-0.1, -0.05) is 31.2 Å². The van der Waals surface area contributed by atoms with E-state index >= 15 is 0 Å². The summed E-state index contributed by atoms with van der Waals surface area (Å²) in [6.45, 7) is 2.59. The average molecular weight is 287 g/mol. The van der Waals surface area contributed by atoms with Gasteiger partial charge in [-0.2, -0.15) is 5.10 Å². The Labute approximate surface area is 124 Å². The third kappa shape index (κ3) is 3.49. The predicted octanol–water partition coefficient (Wildman–Crippen LogP) is 2.24. The molecule has 0 aliphatic heterocycles. The summed E-state index contributed by atoms with van der Waals surface area (Å²) < 4.78 is 1.72. The molecule has 0 unspecified atom stereocenters. The van der Waals surface area contributed by atoms with Crippen molar-refractivity contribution in [2.75, 3.05) is 7.05 Å². The molecule has 0 amide bonds. The van der Waals surface area contributed by atoms with Gasteiger partial charge in [0.15, 0.2) is 0 Å². The van der Waals surface area contributed by atoms with Gasteiger partial charge in [0.1, 0.15) is 6.04 Å². The van der Waals surface area contributed by atoms with Gasteiger partial charge in [-0.25, -0.2) is 0 Å². The summed E-state index contributed by atoms with van der Waals surface area (Å²) in [5.41, 5.74) is 2.93. The molecule has 0 bridgehead atoms. The minimum atomic E-state index is -0.831. The topological polar surface area (TPSA) is 58.4 Å². The average Bonchev–Trinajstić information content (AvgIpc) is 2.84. The summed E-state index contributed by atoms with van der Waals surface area (Å²) in [4.78, 5) is 13.6. The first-order valence-corrected chi connectivity index (χ1v) is 7.01. The van der Waals surface area contributed by atoms with Crippen molar-refractivity contribution >= 4 is 5.97 Å². The molecule has 0 spiro atoms. The van der Waals surface area contributed by atoms with Crippen LogP contribution in [0.15, 0.2) is 36.7 Å². The van der Waals surface area contributed by atoms with Crippen molar-refractivity contribution < 1.29 is 9.90 Å². The molecule has 2 aromatic rings. The highest BCUT2D eigenvalue weighted by Gasteiger charge is 2.26. The van der Waals surface area contributed by atoms with Crippen LogP contribution in [0.3, 0.4) is 0 Å². The molecule has 1 atom stereocenters. The summed E-state index contributed by atoms with van der Waals surface area (Å²) in [5, 5.41) is 13.8. The van der Waals surface area contributed by atoms with E-state index in [2.05, 4.69) is 5.10 Å². The summed E-state index contributed by atoms with van der Waals surface area (Å²) in [6.07, 6.45) is 4.49. The van der Waals surface area contributed by atoms with Crippen LogP contribution in [-0.4, -0.2) is 32.8 Å². The minimum absolute atomic E-state index is 0.544. The number of benzene rings is 1. The van der Waals surface area contributed by atoms with Crippen molar-refractivity contribution in [2.24, 2.45) is 7.05 Å². The molecule has 0 fully saturated rings. The monoisotopic (exact) mass is 287 g/mol. The fraction of sp³-hybridized carbons (Fsp3) is 0.375. The van der Waals surface area contributed by atoms with Gasteiger partial charge in [-0.15, -0.1) is 0 Å². The predicted molar refractivity (Wildman–Crippen MR) is 80.9 cm³/mol. The lowest BCUT2D eigenvalue weighted by Crippen LogP contribution is -2.31. The number of rotatable bonds is 6. The summed E-state index contributed by atoms with van der Waals surface area (Å²) >= 11 is 0. The largest absolute Gasteiger partial charge is 0.480 e. The number of nitrogens with zero attached hydrogens (tertiary/aromatic N) is 3. The second-order valence-electron chi connectivity index (χ2n) is 5.23. The zero-order valence-corrected chi connectivity index (χ0v) is 12.7. The van der Waals surface area contributed by atoms with E-state index in [0.717, 1.165) is 23.1 Å². The lowest BCUT2D eigenvalue weighted by Gasteiger charge is -2.26. The summed E-state index contributed by atoms with van der Waals surface area (Å²) in [7, 11) is 3.68. The Morgan fingerprint density at radius 3 is 2.71 bits per heavy atom. The van der Waals surface area contributed by atoms with Gasteiger partial charge in [0.2, 0.25) is 0 Å². The second kappa shape index (κ2) is 6.54. The molecular weight excluding hydrogens is 266 g/mol. The fourth-order valence-corrected chi connectivity index (χ4v) is 2.61. The van der Waals surface area contributed by atoms with Crippen molar-refractivity contribution in [2.45, 2.75) is 25.9 Å². The van der Waals surface area contributed by atoms with E-state index < -0.39 is 12.0 Å². The standard InChI is InChI=1S/C16H21N3O2/c1-4-13-7-5-6-8-14(13)15(16(20)21)18(2)10-12-9-17-19(3)11-12/h5-9,11,15H,4,10H2,1-3H3,(H,20,21)/t15-/m0/s1. The van der Waals surface area contributed by atoms with E-state index in [1.165, 1.54) is 0 Å². The van der Waals surface area contributed by atoms with Crippen LogP contribution in [0.4, 0.5) is 0 Å². The third-order valence-electron chi connectivity index (χ3n) is 3.60. The van der Waals surface area contributed by atoms with Gasteiger partial charge in [0.25, 0.3) is 0 Å². The van der Waals surface area contributed by atoms with E-state index in [0.29, 0.717) is 6.54 Å².